The molecule has 0 fully saturated rings. The lowest BCUT2D eigenvalue weighted by Crippen LogP contribution is -2.49. The first-order valence-electron chi connectivity index (χ1n) is 9.75. The lowest BCUT2D eigenvalue weighted by atomic mass is 9.97. The van der Waals surface area contributed by atoms with Gasteiger partial charge in [-0.2, -0.15) is 0 Å². The SMILES string of the molecule is CCC(C)C(C(=O)OCC(=O)N(C)Cc1cccs1)N1C(=O)c2ccccc2C1=O. The molecule has 3 rings (SSSR count). The number of esters is 1. The van der Waals surface area contributed by atoms with Gasteiger partial charge in [-0.1, -0.05) is 38.5 Å². The Morgan fingerprint density at radius 3 is 2.27 bits per heavy atom. The molecule has 2 unspecified atom stereocenters. The Morgan fingerprint density at radius 1 is 1.10 bits per heavy atom. The number of carbonyl (C=O) groups excluding carboxylic acids is 4. The van der Waals surface area contributed by atoms with Crippen molar-refractivity contribution in [3.05, 3.63) is 57.8 Å². The summed E-state index contributed by atoms with van der Waals surface area (Å²) in [6.07, 6.45) is 0.555. The van der Waals surface area contributed by atoms with Gasteiger partial charge in [0.15, 0.2) is 6.61 Å². The molecule has 2 atom stereocenters. The van der Waals surface area contributed by atoms with Gasteiger partial charge < -0.3 is 9.64 Å². The van der Waals surface area contributed by atoms with Crippen LogP contribution in [0, 0.1) is 5.92 Å². The van der Waals surface area contributed by atoms with E-state index in [1.54, 1.807) is 38.2 Å². The summed E-state index contributed by atoms with van der Waals surface area (Å²) in [7, 11) is 1.63. The van der Waals surface area contributed by atoms with E-state index in [1.165, 1.54) is 16.2 Å². The number of carbonyl (C=O) groups is 4. The molecule has 3 amide bonds. The summed E-state index contributed by atoms with van der Waals surface area (Å²) in [6, 6.07) is 9.21. The molecule has 2 heterocycles. The van der Waals surface area contributed by atoms with Gasteiger partial charge in [0.05, 0.1) is 17.7 Å². The fraction of sp³-hybridized carbons (Fsp3) is 0.364. The summed E-state index contributed by atoms with van der Waals surface area (Å²) >= 11 is 1.53. The predicted molar refractivity (Wildman–Crippen MR) is 112 cm³/mol. The second kappa shape index (κ2) is 9.21. The number of benzene rings is 1. The molecule has 1 aromatic heterocycles. The van der Waals surface area contributed by atoms with Gasteiger partial charge in [-0.25, -0.2) is 4.79 Å². The van der Waals surface area contributed by atoms with Crippen LogP contribution in [0.3, 0.4) is 0 Å². The molecule has 0 aliphatic carbocycles. The Bertz CT molecular complexity index is 921. The number of ether oxygens (including phenoxy) is 1. The average Bonchev–Trinajstić information content (AvgIpc) is 3.34. The van der Waals surface area contributed by atoms with E-state index in [0.717, 1.165) is 9.78 Å². The molecular formula is C22H24N2O5S. The van der Waals surface area contributed by atoms with Crippen molar-refractivity contribution in [2.24, 2.45) is 5.92 Å². The number of rotatable bonds is 8. The Balaban J connectivity index is 1.70. The number of imide groups is 1. The first-order chi connectivity index (χ1) is 14.3. The minimum Gasteiger partial charge on any atom is -0.454 e. The van der Waals surface area contributed by atoms with E-state index in [2.05, 4.69) is 0 Å². The van der Waals surface area contributed by atoms with Crippen molar-refractivity contribution in [2.45, 2.75) is 32.9 Å². The molecule has 0 saturated heterocycles. The Hall–Kier alpha value is -3.00. The van der Waals surface area contributed by atoms with E-state index in [0.29, 0.717) is 13.0 Å². The third-order valence-electron chi connectivity index (χ3n) is 5.26. The number of amides is 3. The van der Waals surface area contributed by atoms with Crippen LogP contribution in [0.1, 0.15) is 45.9 Å². The van der Waals surface area contributed by atoms with E-state index in [1.807, 2.05) is 24.4 Å². The number of hydrogen-bond acceptors (Lipinski definition) is 6. The van der Waals surface area contributed by atoms with Crippen molar-refractivity contribution >= 4 is 35.0 Å². The highest BCUT2D eigenvalue weighted by atomic mass is 32.1. The van der Waals surface area contributed by atoms with Gasteiger partial charge in [-0.15, -0.1) is 11.3 Å². The molecule has 1 aliphatic heterocycles. The van der Waals surface area contributed by atoms with Crippen LogP contribution in [0.2, 0.25) is 0 Å². The smallest absolute Gasteiger partial charge is 0.330 e. The van der Waals surface area contributed by atoms with Crippen LogP contribution in [0.25, 0.3) is 0 Å². The largest absolute Gasteiger partial charge is 0.454 e. The zero-order valence-electron chi connectivity index (χ0n) is 17.2. The van der Waals surface area contributed by atoms with E-state index < -0.39 is 30.4 Å². The third kappa shape index (κ3) is 4.28. The minimum atomic E-state index is -1.09. The fourth-order valence-corrected chi connectivity index (χ4v) is 4.09. The lowest BCUT2D eigenvalue weighted by molar-refractivity contribution is -0.156. The van der Waals surface area contributed by atoms with Gasteiger partial charge in [-0.3, -0.25) is 19.3 Å². The van der Waals surface area contributed by atoms with Crippen molar-refractivity contribution in [3.63, 3.8) is 0 Å². The van der Waals surface area contributed by atoms with Crippen LogP contribution in [-0.2, 0) is 20.9 Å². The zero-order valence-corrected chi connectivity index (χ0v) is 18.0. The molecule has 0 saturated carbocycles. The average molecular weight is 429 g/mol. The molecule has 2 aromatic rings. The van der Waals surface area contributed by atoms with Crippen LogP contribution in [0.5, 0.6) is 0 Å². The molecule has 7 nitrogen and oxygen atoms in total. The number of likely N-dealkylation sites (N-methyl/N-ethyl adjacent to an activating group) is 1. The molecule has 0 bridgehead atoms. The summed E-state index contributed by atoms with van der Waals surface area (Å²) in [6.45, 7) is 3.61. The Labute approximate surface area is 179 Å². The van der Waals surface area contributed by atoms with Gasteiger partial charge in [0.2, 0.25) is 0 Å². The molecule has 1 aliphatic rings. The van der Waals surface area contributed by atoms with Crippen LogP contribution in [0.4, 0.5) is 0 Å². The lowest BCUT2D eigenvalue weighted by Gasteiger charge is -2.29. The normalized spacial score (nSPS) is 15.0. The second-order valence-corrected chi connectivity index (χ2v) is 8.33. The zero-order chi connectivity index (χ0) is 21.8. The van der Waals surface area contributed by atoms with Gasteiger partial charge in [0, 0.05) is 11.9 Å². The maximum atomic E-state index is 12.9. The second-order valence-electron chi connectivity index (χ2n) is 7.29. The summed E-state index contributed by atoms with van der Waals surface area (Å²) in [5, 5.41) is 1.92. The molecule has 0 N–H and O–H groups in total. The Kier molecular flexibility index (Phi) is 6.66. The minimum absolute atomic E-state index is 0.273. The highest BCUT2D eigenvalue weighted by Crippen LogP contribution is 2.28. The molecule has 158 valence electrons. The first-order valence-corrected chi connectivity index (χ1v) is 10.6. The topological polar surface area (TPSA) is 84.0 Å². The summed E-state index contributed by atoms with van der Waals surface area (Å²) in [5.74, 6) is -2.46. The predicted octanol–water partition coefficient (Wildman–Crippen LogP) is 2.96. The highest BCUT2D eigenvalue weighted by Gasteiger charge is 2.45. The van der Waals surface area contributed by atoms with Gasteiger partial charge in [0.1, 0.15) is 6.04 Å². The quantitative estimate of drug-likeness (QED) is 0.477. The van der Waals surface area contributed by atoms with Crippen molar-refractivity contribution < 1.29 is 23.9 Å². The molecular weight excluding hydrogens is 404 g/mol. The van der Waals surface area contributed by atoms with Gasteiger partial charge >= 0.3 is 5.97 Å². The van der Waals surface area contributed by atoms with Gasteiger partial charge in [0.25, 0.3) is 17.7 Å². The van der Waals surface area contributed by atoms with Gasteiger partial charge in [-0.05, 0) is 29.5 Å². The van der Waals surface area contributed by atoms with E-state index in [-0.39, 0.29) is 23.0 Å². The number of thiophene rings is 1. The van der Waals surface area contributed by atoms with Crippen LogP contribution in [0.15, 0.2) is 41.8 Å². The van der Waals surface area contributed by atoms with Crippen LogP contribution in [-0.4, -0.2) is 53.2 Å². The molecule has 0 spiro atoms. The Morgan fingerprint density at radius 2 is 1.73 bits per heavy atom. The number of fused-ring (bicyclic) bond motifs is 1. The van der Waals surface area contributed by atoms with E-state index >= 15 is 0 Å². The monoisotopic (exact) mass is 428 g/mol. The standard InChI is InChI=1S/C22H24N2O5S/c1-4-14(2)19(24-20(26)16-9-5-6-10-17(16)21(24)27)22(28)29-13-18(25)23(3)12-15-8-7-11-30-15/h5-11,14,19H,4,12-13H2,1-3H3. The fourth-order valence-electron chi connectivity index (χ4n) is 3.33. The summed E-state index contributed by atoms with van der Waals surface area (Å²) in [4.78, 5) is 54.4. The van der Waals surface area contributed by atoms with Crippen molar-refractivity contribution in [3.8, 4) is 0 Å². The maximum absolute atomic E-state index is 12.9. The van der Waals surface area contributed by atoms with Crippen molar-refractivity contribution in [2.75, 3.05) is 13.7 Å². The molecule has 1 aromatic carbocycles. The summed E-state index contributed by atoms with van der Waals surface area (Å²) in [5.41, 5.74) is 0.547. The van der Waals surface area contributed by atoms with Crippen molar-refractivity contribution in [1.82, 2.24) is 9.80 Å². The van der Waals surface area contributed by atoms with Crippen LogP contribution < -0.4 is 0 Å². The maximum Gasteiger partial charge on any atom is 0.330 e. The molecule has 30 heavy (non-hydrogen) atoms. The van der Waals surface area contributed by atoms with Crippen molar-refractivity contribution in [1.29, 1.82) is 0 Å². The van der Waals surface area contributed by atoms with Crippen LogP contribution >= 0.6 is 11.3 Å². The van der Waals surface area contributed by atoms with E-state index in [9.17, 15) is 19.2 Å². The van der Waals surface area contributed by atoms with E-state index in [4.69, 9.17) is 4.74 Å². The summed E-state index contributed by atoms with van der Waals surface area (Å²) < 4.78 is 5.26. The molecule has 0 radical (unpaired) electrons. The highest BCUT2D eigenvalue weighted by molar-refractivity contribution is 7.09. The molecule has 8 heteroatoms. The number of hydrogen-bond donors (Lipinski definition) is 0. The number of nitrogens with zero attached hydrogens (tertiary/aromatic N) is 2. The third-order valence-corrected chi connectivity index (χ3v) is 6.13. The first kappa shape index (κ1) is 21.7.